The lowest BCUT2D eigenvalue weighted by Crippen LogP contribution is -1.91. The Hall–Kier alpha value is -1.40. The van der Waals surface area contributed by atoms with Crippen LogP contribution < -0.4 is 0 Å². The third-order valence-electron chi connectivity index (χ3n) is 2.96. The monoisotopic (exact) mass is 306 g/mol. The van der Waals surface area contributed by atoms with Crippen molar-refractivity contribution in [1.82, 2.24) is 10.2 Å². The molecule has 0 saturated carbocycles. The molecule has 0 spiro atoms. The van der Waals surface area contributed by atoms with E-state index in [1.807, 2.05) is 30.3 Å². The van der Waals surface area contributed by atoms with E-state index in [1.54, 1.807) is 0 Å². The molecule has 0 aliphatic carbocycles. The van der Waals surface area contributed by atoms with Gasteiger partial charge in [0.1, 0.15) is 5.58 Å². The number of benzene rings is 1. The fourth-order valence-electron chi connectivity index (χ4n) is 1.98. The first-order valence-corrected chi connectivity index (χ1v) is 7.43. The molecule has 0 saturated heterocycles. The van der Waals surface area contributed by atoms with Crippen LogP contribution in [0.4, 0.5) is 0 Å². The Morgan fingerprint density at radius 2 is 1.95 bits per heavy atom. The van der Waals surface area contributed by atoms with Crippen LogP contribution in [-0.4, -0.2) is 14.8 Å². The molecule has 0 fully saturated rings. The minimum absolute atomic E-state index is 0.0905. The van der Waals surface area contributed by atoms with Gasteiger partial charge in [0, 0.05) is 16.4 Å². The zero-order valence-corrected chi connectivity index (χ0v) is 12.5. The Morgan fingerprint density at radius 1 is 1.10 bits per heavy atom. The number of hydrogen-bond donors (Lipinski definition) is 2. The third-order valence-corrected chi connectivity index (χ3v) is 3.47. The van der Waals surface area contributed by atoms with Crippen molar-refractivity contribution in [2.24, 2.45) is 0 Å². The molecule has 0 atom stereocenters. The van der Waals surface area contributed by atoms with Gasteiger partial charge < -0.3 is 8.83 Å². The highest BCUT2D eigenvalue weighted by molar-refractivity contribution is 7.99. The normalized spacial score (nSPS) is 11.6. The topological polar surface area (TPSA) is 52.1 Å². The molecule has 2 heterocycles. The zero-order valence-electron chi connectivity index (χ0n) is 10.7. The Kier molecular flexibility index (Phi) is 4.03. The summed E-state index contributed by atoms with van der Waals surface area (Å²) in [6.07, 6.45) is 2.54. The van der Waals surface area contributed by atoms with E-state index < -0.39 is 0 Å². The van der Waals surface area contributed by atoms with Crippen molar-refractivity contribution in [2.45, 2.75) is 23.8 Å². The molecule has 104 valence electrons. The number of furan rings is 1. The van der Waals surface area contributed by atoms with Crippen LogP contribution in [0.25, 0.3) is 22.6 Å². The van der Waals surface area contributed by atoms with Crippen LogP contribution in [0, 0.1) is 0 Å². The number of rotatable bonds is 5. The summed E-state index contributed by atoms with van der Waals surface area (Å²) in [5.41, 5.74) is 0.815. The predicted molar refractivity (Wildman–Crippen MR) is 84.2 cm³/mol. The highest BCUT2D eigenvalue weighted by Crippen LogP contribution is 2.27. The third kappa shape index (κ3) is 3.02. The lowest BCUT2D eigenvalue weighted by Gasteiger charge is -1.99. The first-order valence-electron chi connectivity index (χ1n) is 6.40. The van der Waals surface area contributed by atoms with E-state index >= 15 is 0 Å². The van der Waals surface area contributed by atoms with Crippen LogP contribution in [0.15, 0.2) is 39.2 Å². The van der Waals surface area contributed by atoms with Crippen molar-refractivity contribution in [2.75, 3.05) is 0 Å². The first-order chi connectivity index (χ1) is 9.72. The van der Waals surface area contributed by atoms with Crippen molar-refractivity contribution >= 4 is 36.2 Å². The summed E-state index contributed by atoms with van der Waals surface area (Å²) in [6, 6.07) is 9.70. The van der Waals surface area contributed by atoms with Gasteiger partial charge in [0.05, 0.1) is 0 Å². The minimum atomic E-state index is 0.0905. The van der Waals surface area contributed by atoms with Gasteiger partial charge in [0.25, 0.3) is 5.89 Å². The maximum atomic E-state index is 5.69. The quantitative estimate of drug-likeness (QED) is 0.553. The second-order valence-corrected chi connectivity index (χ2v) is 6.18. The maximum Gasteiger partial charge on any atom is 0.283 e. The molecule has 2 aromatic heterocycles. The molecule has 0 unspecified atom stereocenters. The smallest absolute Gasteiger partial charge is 0.283 e. The van der Waals surface area contributed by atoms with Crippen LogP contribution in [0.3, 0.4) is 0 Å². The number of para-hydroxylation sites is 1. The molecule has 0 aliphatic heterocycles. The van der Waals surface area contributed by atoms with E-state index in [1.165, 1.54) is 0 Å². The van der Waals surface area contributed by atoms with Crippen LogP contribution >= 0.6 is 25.3 Å². The van der Waals surface area contributed by atoms with E-state index in [4.69, 9.17) is 8.83 Å². The Morgan fingerprint density at radius 3 is 2.75 bits per heavy atom. The summed E-state index contributed by atoms with van der Waals surface area (Å²) in [6.45, 7) is 0. The van der Waals surface area contributed by atoms with Crippen molar-refractivity contribution in [3.05, 3.63) is 36.2 Å². The number of hydrogen-bond acceptors (Lipinski definition) is 6. The van der Waals surface area contributed by atoms with Crippen LogP contribution in [-0.2, 0) is 6.42 Å². The molecule has 3 rings (SSSR count). The van der Waals surface area contributed by atoms with E-state index in [-0.39, 0.29) is 4.58 Å². The first kappa shape index (κ1) is 13.6. The molecule has 0 radical (unpaired) electrons. The van der Waals surface area contributed by atoms with Gasteiger partial charge >= 0.3 is 0 Å². The van der Waals surface area contributed by atoms with Crippen molar-refractivity contribution in [3.8, 4) is 11.7 Å². The summed E-state index contributed by atoms with van der Waals surface area (Å²) in [5.74, 6) is 1.64. The molecule has 6 heteroatoms. The predicted octanol–water partition coefficient (Wildman–Crippen LogP) is 3.99. The van der Waals surface area contributed by atoms with E-state index in [0.717, 1.165) is 30.2 Å². The summed E-state index contributed by atoms with van der Waals surface area (Å²) < 4.78 is 11.4. The number of fused-ring (bicyclic) bond motifs is 1. The van der Waals surface area contributed by atoms with Gasteiger partial charge in [-0.05, 0) is 25.0 Å². The lowest BCUT2D eigenvalue weighted by atomic mass is 10.2. The SMILES string of the molecule is SC(S)CCCc1nnc(-c2cc3ccccc3o2)o1. The van der Waals surface area contributed by atoms with Crippen LogP contribution in [0.2, 0.25) is 0 Å². The molecular formula is C14H14N2O2S2. The van der Waals surface area contributed by atoms with Gasteiger partial charge in [-0.1, -0.05) is 18.2 Å². The number of nitrogens with zero attached hydrogens (tertiary/aromatic N) is 2. The largest absolute Gasteiger partial charge is 0.451 e. The average molecular weight is 306 g/mol. The summed E-state index contributed by atoms with van der Waals surface area (Å²) >= 11 is 8.44. The summed E-state index contributed by atoms with van der Waals surface area (Å²) in [5, 5.41) is 9.09. The van der Waals surface area contributed by atoms with Gasteiger partial charge in [-0.15, -0.1) is 10.2 Å². The van der Waals surface area contributed by atoms with Crippen molar-refractivity contribution < 1.29 is 8.83 Å². The highest BCUT2D eigenvalue weighted by atomic mass is 32.2. The van der Waals surface area contributed by atoms with Crippen molar-refractivity contribution in [3.63, 3.8) is 0 Å². The van der Waals surface area contributed by atoms with Gasteiger partial charge in [-0.2, -0.15) is 25.3 Å². The van der Waals surface area contributed by atoms with Gasteiger partial charge in [0.15, 0.2) is 5.76 Å². The zero-order chi connectivity index (χ0) is 13.9. The molecular weight excluding hydrogens is 292 g/mol. The van der Waals surface area contributed by atoms with Gasteiger partial charge in [0.2, 0.25) is 5.89 Å². The second kappa shape index (κ2) is 5.93. The number of thiol groups is 2. The summed E-state index contributed by atoms with van der Waals surface area (Å²) in [7, 11) is 0. The standard InChI is InChI=1S/C14H14N2O2S2/c19-13(20)7-3-6-12-15-16-14(18-12)11-8-9-4-1-2-5-10(9)17-11/h1-2,4-5,8,13,19-20H,3,6-7H2. The molecule has 20 heavy (non-hydrogen) atoms. The van der Waals surface area contributed by atoms with Crippen LogP contribution in [0.1, 0.15) is 18.7 Å². The lowest BCUT2D eigenvalue weighted by molar-refractivity contribution is 0.479. The summed E-state index contributed by atoms with van der Waals surface area (Å²) in [4.78, 5) is 0. The average Bonchev–Trinajstić information content (AvgIpc) is 3.03. The molecule has 4 nitrogen and oxygen atoms in total. The fraction of sp³-hybridized carbons (Fsp3) is 0.286. The van der Waals surface area contributed by atoms with E-state index in [9.17, 15) is 0 Å². The molecule has 0 bridgehead atoms. The van der Waals surface area contributed by atoms with Gasteiger partial charge in [-0.3, -0.25) is 0 Å². The van der Waals surface area contributed by atoms with E-state index in [2.05, 4.69) is 35.5 Å². The Labute approximate surface area is 127 Å². The maximum absolute atomic E-state index is 5.69. The molecule has 0 amide bonds. The van der Waals surface area contributed by atoms with Crippen LogP contribution in [0.5, 0.6) is 0 Å². The number of aryl methyl sites for hydroxylation is 1. The molecule has 0 aliphatic rings. The molecule has 3 aromatic rings. The minimum Gasteiger partial charge on any atom is -0.451 e. The van der Waals surface area contributed by atoms with Gasteiger partial charge in [-0.25, -0.2) is 0 Å². The fourth-order valence-corrected chi connectivity index (χ4v) is 2.34. The molecule has 1 aromatic carbocycles. The second-order valence-electron chi connectivity index (χ2n) is 4.52. The van der Waals surface area contributed by atoms with E-state index in [0.29, 0.717) is 17.5 Å². The van der Waals surface area contributed by atoms with Crippen molar-refractivity contribution in [1.29, 1.82) is 0 Å². The number of aromatic nitrogens is 2. The molecule has 0 N–H and O–H groups in total. The Bertz CT molecular complexity index is 673. The Balaban J connectivity index is 1.75. The highest BCUT2D eigenvalue weighted by Gasteiger charge is 2.13.